The third-order valence-electron chi connectivity index (χ3n) is 4.14. The molecule has 1 aliphatic rings. The van der Waals surface area contributed by atoms with Gasteiger partial charge < -0.3 is 15.5 Å². The van der Waals surface area contributed by atoms with Crippen LogP contribution in [0.4, 0.5) is 0 Å². The van der Waals surface area contributed by atoms with Gasteiger partial charge in [-0.25, -0.2) is 4.98 Å². The van der Waals surface area contributed by atoms with E-state index in [1.54, 1.807) is 11.3 Å². The summed E-state index contributed by atoms with van der Waals surface area (Å²) >= 11 is 1.61. The second kappa shape index (κ2) is 8.37. The van der Waals surface area contributed by atoms with Gasteiger partial charge in [0.2, 0.25) is 0 Å². The van der Waals surface area contributed by atoms with Gasteiger partial charge in [0.25, 0.3) is 5.91 Å². The van der Waals surface area contributed by atoms with Gasteiger partial charge in [-0.3, -0.25) is 4.79 Å². The lowest BCUT2D eigenvalue weighted by Crippen LogP contribution is -2.44. The zero-order valence-corrected chi connectivity index (χ0v) is 14.9. The van der Waals surface area contributed by atoms with E-state index >= 15 is 0 Å². The van der Waals surface area contributed by atoms with E-state index in [1.165, 1.54) is 0 Å². The second-order valence-electron chi connectivity index (χ2n) is 6.08. The lowest BCUT2D eigenvalue weighted by Gasteiger charge is -2.27. The summed E-state index contributed by atoms with van der Waals surface area (Å²) in [7, 11) is 0. The monoisotopic (exact) mass is 344 g/mol. The summed E-state index contributed by atoms with van der Waals surface area (Å²) in [5.74, 6) is -0.00885. The second-order valence-corrected chi connectivity index (χ2v) is 6.93. The Bertz CT molecular complexity index is 679. The first-order valence-corrected chi connectivity index (χ1v) is 9.34. The van der Waals surface area contributed by atoms with Crippen LogP contribution in [0, 0.1) is 6.92 Å². The Morgan fingerprint density at radius 1 is 1.38 bits per heavy atom. The number of hydrogen-bond donors (Lipinski definition) is 2. The van der Waals surface area contributed by atoms with E-state index in [0.29, 0.717) is 12.1 Å². The minimum absolute atomic E-state index is 0.00885. The minimum Gasteiger partial charge on any atom is -0.352 e. The Balaban J connectivity index is 1.49. The van der Waals surface area contributed by atoms with Gasteiger partial charge in [-0.1, -0.05) is 12.1 Å². The molecule has 0 spiro atoms. The zero-order valence-electron chi connectivity index (χ0n) is 14.0. The van der Waals surface area contributed by atoms with Crippen molar-refractivity contribution in [1.82, 2.24) is 20.5 Å². The number of benzene rings is 1. The van der Waals surface area contributed by atoms with Gasteiger partial charge in [-0.2, -0.15) is 0 Å². The average Bonchev–Trinajstić information content (AvgIpc) is 3.06. The lowest BCUT2D eigenvalue weighted by molar-refractivity contribution is 0.0951. The molecule has 1 aromatic heterocycles. The predicted molar refractivity (Wildman–Crippen MR) is 98.5 cm³/mol. The number of carbonyl (C=O) groups excluding carboxylic acids is 1. The number of aromatic nitrogens is 1. The number of rotatable bonds is 6. The first-order chi connectivity index (χ1) is 11.7. The normalized spacial score (nSPS) is 15.4. The van der Waals surface area contributed by atoms with Gasteiger partial charge in [-0.05, 0) is 32.0 Å². The smallest absolute Gasteiger partial charge is 0.251 e. The number of piperazine rings is 1. The molecule has 1 saturated heterocycles. The summed E-state index contributed by atoms with van der Waals surface area (Å²) in [5.41, 5.74) is 2.71. The van der Waals surface area contributed by atoms with Crippen LogP contribution in [0.5, 0.6) is 0 Å². The molecule has 2 aromatic rings. The zero-order chi connectivity index (χ0) is 16.8. The maximum Gasteiger partial charge on any atom is 0.251 e. The molecular formula is C18H24N4OS. The Morgan fingerprint density at radius 3 is 2.96 bits per heavy atom. The molecule has 1 aromatic carbocycles. The first kappa shape index (κ1) is 17.1. The Hall–Kier alpha value is -1.76. The third kappa shape index (κ3) is 4.63. The van der Waals surface area contributed by atoms with Crippen LogP contribution in [0.2, 0.25) is 0 Å². The van der Waals surface area contributed by atoms with Crippen molar-refractivity contribution in [3.8, 4) is 10.6 Å². The molecule has 2 N–H and O–H groups in total. The number of nitrogens with zero attached hydrogens (tertiary/aromatic N) is 2. The van der Waals surface area contributed by atoms with Crippen molar-refractivity contribution in [2.45, 2.75) is 13.3 Å². The maximum absolute atomic E-state index is 12.3. The summed E-state index contributed by atoms with van der Waals surface area (Å²) in [5, 5.41) is 9.36. The fourth-order valence-corrected chi connectivity index (χ4v) is 3.62. The lowest BCUT2D eigenvalue weighted by atomic mass is 10.1. The first-order valence-electron chi connectivity index (χ1n) is 8.46. The van der Waals surface area contributed by atoms with E-state index in [1.807, 2.05) is 36.6 Å². The molecule has 3 rings (SSSR count). The van der Waals surface area contributed by atoms with Gasteiger partial charge in [-0.15, -0.1) is 11.3 Å². The van der Waals surface area contributed by atoms with Crippen molar-refractivity contribution in [1.29, 1.82) is 0 Å². The topological polar surface area (TPSA) is 57.3 Å². The number of nitrogens with one attached hydrogen (secondary N) is 2. The van der Waals surface area contributed by atoms with Crippen molar-refractivity contribution in [2.75, 3.05) is 39.3 Å². The van der Waals surface area contributed by atoms with Crippen molar-refractivity contribution in [2.24, 2.45) is 0 Å². The molecule has 1 aliphatic heterocycles. The largest absolute Gasteiger partial charge is 0.352 e. The molecule has 128 valence electrons. The van der Waals surface area contributed by atoms with Gasteiger partial charge in [0.1, 0.15) is 5.01 Å². The van der Waals surface area contributed by atoms with Crippen LogP contribution in [0.25, 0.3) is 10.6 Å². The van der Waals surface area contributed by atoms with E-state index in [2.05, 4.69) is 20.5 Å². The molecule has 0 bridgehead atoms. The van der Waals surface area contributed by atoms with E-state index < -0.39 is 0 Å². The van der Waals surface area contributed by atoms with Crippen LogP contribution in [0.1, 0.15) is 22.5 Å². The quantitative estimate of drug-likeness (QED) is 0.789. The van der Waals surface area contributed by atoms with Gasteiger partial charge in [0, 0.05) is 54.9 Å². The molecule has 6 heteroatoms. The number of amides is 1. The summed E-state index contributed by atoms with van der Waals surface area (Å²) in [6.07, 6.45) is 0.983. The Labute approximate surface area is 147 Å². The van der Waals surface area contributed by atoms with Gasteiger partial charge in [0.15, 0.2) is 0 Å². The minimum atomic E-state index is -0.00885. The molecule has 0 saturated carbocycles. The highest BCUT2D eigenvalue weighted by atomic mass is 32.1. The van der Waals surface area contributed by atoms with E-state index in [9.17, 15) is 4.79 Å². The summed E-state index contributed by atoms with van der Waals surface area (Å²) in [6.45, 7) is 8.07. The standard InChI is InChI=1S/C18H24N4OS/c1-14-13-24-18(21-14)16-5-2-4-15(12-16)17(23)20-6-3-9-22-10-7-19-8-11-22/h2,4-5,12-13,19H,3,6-11H2,1H3,(H,20,23). The van der Waals surface area contributed by atoms with Crippen LogP contribution < -0.4 is 10.6 Å². The molecule has 0 unspecified atom stereocenters. The van der Waals surface area contributed by atoms with E-state index in [4.69, 9.17) is 0 Å². The van der Waals surface area contributed by atoms with Crippen LogP contribution in [0.3, 0.4) is 0 Å². The Morgan fingerprint density at radius 2 is 2.21 bits per heavy atom. The average molecular weight is 344 g/mol. The van der Waals surface area contributed by atoms with Gasteiger partial charge in [0.05, 0.1) is 0 Å². The molecular weight excluding hydrogens is 320 g/mol. The van der Waals surface area contributed by atoms with E-state index in [0.717, 1.165) is 55.4 Å². The maximum atomic E-state index is 12.3. The number of carbonyl (C=O) groups is 1. The van der Waals surface area contributed by atoms with Crippen molar-refractivity contribution in [3.05, 3.63) is 40.9 Å². The fraction of sp³-hybridized carbons (Fsp3) is 0.444. The summed E-state index contributed by atoms with van der Waals surface area (Å²) in [4.78, 5) is 19.3. The van der Waals surface area contributed by atoms with Crippen molar-refractivity contribution in [3.63, 3.8) is 0 Å². The third-order valence-corrected chi connectivity index (χ3v) is 5.15. The molecule has 24 heavy (non-hydrogen) atoms. The number of hydrogen-bond acceptors (Lipinski definition) is 5. The van der Waals surface area contributed by atoms with Crippen molar-refractivity contribution >= 4 is 17.2 Å². The predicted octanol–water partition coefficient (Wildman–Crippen LogP) is 2.14. The molecule has 2 heterocycles. The molecule has 0 atom stereocenters. The molecule has 5 nitrogen and oxygen atoms in total. The summed E-state index contributed by atoms with van der Waals surface area (Å²) < 4.78 is 0. The SMILES string of the molecule is Cc1csc(-c2cccc(C(=O)NCCCN3CCNCC3)c2)n1. The highest BCUT2D eigenvalue weighted by Crippen LogP contribution is 2.24. The number of thiazole rings is 1. The number of aryl methyl sites for hydroxylation is 1. The molecule has 0 radical (unpaired) electrons. The van der Waals surface area contributed by atoms with Crippen molar-refractivity contribution < 1.29 is 4.79 Å². The van der Waals surface area contributed by atoms with Crippen LogP contribution in [-0.4, -0.2) is 55.1 Å². The van der Waals surface area contributed by atoms with Crippen LogP contribution in [-0.2, 0) is 0 Å². The highest BCUT2D eigenvalue weighted by molar-refractivity contribution is 7.13. The Kier molecular flexibility index (Phi) is 5.96. The van der Waals surface area contributed by atoms with Crippen LogP contribution >= 0.6 is 11.3 Å². The van der Waals surface area contributed by atoms with Crippen LogP contribution in [0.15, 0.2) is 29.6 Å². The highest BCUT2D eigenvalue weighted by Gasteiger charge is 2.10. The molecule has 0 aliphatic carbocycles. The fourth-order valence-electron chi connectivity index (χ4n) is 2.82. The molecule has 1 amide bonds. The van der Waals surface area contributed by atoms with Gasteiger partial charge >= 0.3 is 0 Å². The van der Waals surface area contributed by atoms with E-state index in [-0.39, 0.29) is 5.91 Å². The summed E-state index contributed by atoms with van der Waals surface area (Å²) in [6, 6.07) is 7.70. The molecule has 1 fully saturated rings.